The van der Waals surface area contributed by atoms with Crippen molar-refractivity contribution in [2.45, 2.75) is 71.3 Å². The van der Waals surface area contributed by atoms with Gasteiger partial charge in [-0.15, -0.1) is 5.92 Å². The monoisotopic (exact) mass is 427 g/mol. The maximum Gasteiger partial charge on any atom is 0.156 e. The zero-order chi connectivity index (χ0) is 22.3. The number of hydrogen-bond donors (Lipinski definition) is 0. The maximum absolute atomic E-state index is 12.0. The number of benzene rings is 1. The Labute approximate surface area is 194 Å². The summed E-state index contributed by atoms with van der Waals surface area (Å²) in [6.45, 7) is 3.01. The number of ketones is 1. The summed E-state index contributed by atoms with van der Waals surface area (Å²) in [6, 6.07) is 9.40. The summed E-state index contributed by atoms with van der Waals surface area (Å²) in [5.41, 5.74) is 7.86. The first-order valence-electron chi connectivity index (χ1n) is 12.6. The number of nitrogens with zero attached hydrogens (tertiary/aromatic N) is 1. The molecule has 2 fully saturated rings. The minimum Gasteiger partial charge on any atom is -0.305 e. The molecule has 0 saturated heterocycles. The fourth-order valence-corrected chi connectivity index (χ4v) is 7.59. The van der Waals surface area contributed by atoms with Crippen molar-refractivity contribution in [2.75, 3.05) is 14.1 Å². The van der Waals surface area contributed by atoms with Crippen molar-refractivity contribution in [1.82, 2.24) is 4.90 Å². The highest BCUT2D eigenvalue weighted by Gasteiger charge is 2.55. The Morgan fingerprint density at radius 1 is 1.00 bits per heavy atom. The molecule has 0 unspecified atom stereocenters. The van der Waals surface area contributed by atoms with Crippen LogP contribution in [-0.2, 0) is 17.8 Å². The van der Waals surface area contributed by atoms with Gasteiger partial charge in [-0.3, -0.25) is 4.79 Å². The van der Waals surface area contributed by atoms with Crippen molar-refractivity contribution < 1.29 is 4.79 Å². The van der Waals surface area contributed by atoms with Gasteiger partial charge < -0.3 is 4.90 Å². The van der Waals surface area contributed by atoms with Crippen LogP contribution in [0.4, 0.5) is 0 Å². The highest BCUT2D eigenvalue weighted by Crippen LogP contribution is 2.63. The lowest BCUT2D eigenvalue weighted by atomic mass is 9.54. The molecule has 0 heterocycles. The van der Waals surface area contributed by atoms with E-state index in [0.29, 0.717) is 29.5 Å². The molecule has 0 spiro atoms. The first kappa shape index (κ1) is 21.7. The van der Waals surface area contributed by atoms with Gasteiger partial charge in [0.05, 0.1) is 0 Å². The van der Waals surface area contributed by atoms with Crippen LogP contribution in [-0.4, -0.2) is 24.8 Å². The molecule has 1 aromatic carbocycles. The van der Waals surface area contributed by atoms with Crippen molar-refractivity contribution in [2.24, 2.45) is 23.2 Å². The Morgan fingerprint density at radius 3 is 2.53 bits per heavy atom. The van der Waals surface area contributed by atoms with E-state index in [4.69, 9.17) is 0 Å². The normalized spacial score (nSPS) is 31.4. The van der Waals surface area contributed by atoms with Gasteiger partial charge >= 0.3 is 0 Å². The molecule has 0 radical (unpaired) electrons. The lowest BCUT2D eigenvalue weighted by molar-refractivity contribution is -0.114. The minimum atomic E-state index is 0.312. The molecule has 0 aromatic heterocycles. The van der Waals surface area contributed by atoms with E-state index in [1.807, 2.05) is 13.0 Å². The summed E-state index contributed by atoms with van der Waals surface area (Å²) in [5, 5.41) is 0. The number of carbonyl (C=O) groups is 1. The van der Waals surface area contributed by atoms with Crippen LogP contribution in [0.2, 0.25) is 0 Å². The largest absolute Gasteiger partial charge is 0.305 e. The third kappa shape index (κ3) is 3.80. The second-order valence-electron chi connectivity index (χ2n) is 10.9. The lowest BCUT2D eigenvalue weighted by Gasteiger charge is -2.50. The molecule has 5 rings (SSSR count). The van der Waals surface area contributed by atoms with E-state index >= 15 is 0 Å². The van der Waals surface area contributed by atoms with Crippen LogP contribution >= 0.6 is 0 Å². The molecular weight excluding hydrogens is 390 g/mol. The maximum atomic E-state index is 12.0. The number of hydrogen-bond acceptors (Lipinski definition) is 2. The highest BCUT2D eigenvalue weighted by molar-refractivity contribution is 5.93. The van der Waals surface area contributed by atoms with Crippen LogP contribution in [0.1, 0.15) is 69.4 Å². The van der Waals surface area contributed by atoms with Crippen LogP contribution in [0.3, 0.4) is 0 Å². The lowest BCUT2D eigenvalue weighted by Crippen LogP contribution is -2.43. The first-order valence-corrected chi connectivity index (χ1v) is 12.6. The van der Waals surface area contributed by atoms with Gasteiger partial charge in [0.2, 0.25) is 0 Å². The van der Waals surface area contributed by atoms with Crippen molar-refractivity contribution in [3.8, 4) is 11.8 Å². The molecule has 0 N–H and O–H groups in total. The van der Waals surface area contributed by atoms with Crippen molar-refractivity contribution in [3.05, 3.63) is 58.2 Å². The predicted molar refractivity (Wildman–Crippen MR) is 131 cm³/mol. The van der Waals surface area contributed by atoms with E-state index in [0.717, 1.165) is 25.3 Å². The van der Waals surface area contributed by atoms with Crippen LogP contribution < -0.4 is 0 Å². The average molecular weight is 428 g/mol. The summed E-state index contributed by atoms with van der Waals surface area (Å²) >= 11 is 0. The van der Waals surface area contributed by atoms with Crippen molar-refractivity contribution >= 4 is 5.78 Å². The zero-order valence-corrected chi connectivity index (χ0v) is 20.0. The average Bonchev–Trinajstić information content (AvgIpc) is 3.13. The zero-order valence-electron chi connectivity index (χ0n) is 20.0. The Bertz CT molecular complexity index is 1020. The molecule has 4 aliphatic carbocycles. The van der Waals surface area contributed by atoms with Gasteiger partial charge in [0.1, 0.15) is 0 Å². The van der Waals surface area contributed by atoms with Crippen LogP contribution in [0, 0.1) is 35.0 Å². The van der Waals surface area contributed by atoms with Gasteiger partial charge in [-0.1, -0.05) is 35.8 Å². The Morgan fingerprint density at radius 2 is 1.78 bits per heavy atom. The topological polar surface area (TPSA) is 20.3 Å². The van der Waals surface area contributed by atoms with Crippen LogP contribution in [0.25, 0.3) is 0 Å². The molecule has 0 aliphatic heterocycles. The molecule has 0 amide bonds. The van der Waals surface area contributed by atoms with E-state index in [1.54, 1.807) is 11.1 Å². The summed E-state index contributed by atoms with van der Waals surface area (Å²) in [4.78, 5) is 14.2. The van der Waals surface area contributed by atoms with Gasteiger partial charge in [-0.2, -0.15) is 0 Å². The Hall–Kier alpha value is -2.11. The van der Waals surface area contributed by atoms with E-state index in [1.165, 1.54) is 55.2 Å². The summed E-state index contributed by atoms with van der Waals surface area (Å²) in [7, 11) is 4.26. The molecule has 4 atom stereocenters. The minimum absolute atomic E-state index is 0.312. The van der Waals surface area contributed by atoms with Gasteiger partial charge in [-0.25, -0.2) is 0 Å². The predicted octanol–water partition coefficient (Wildman–Crippen LogP) is 6.12. The van der Waals surface area contributed by atoms with E-state index in [9.17, 15) is 4.79 Å². The van der Waals surface area contributed by atoms with E-state index in [2.05, 4.69) is 55.1 Å². The fourth-order valence-electron chi connectivity index (χ4n) is 7.59. The number of allylic oxidation sites excluding steroid dienone is 4. The molecule has 4 aliphatic rings. The molecule has 32 heavy (non-hydrogen) atoms. The molecule has 2 nitrogen and oxygen atoms in total. The smallest absolute Gasteiger partial charge is 0.156 e. The van der Waals surface area contributed by atoms with Crippen LogP contribution in [0.5, 0.6) is 0 Å². The highest BCUT2D eigenvalue weighted by atomic mass is 16.1. The molecule has 168 valence electrons. The SMILES string of the molecule is CC#C[C@@H]1CC[C@H]2[C@@H]3CCC4=CC(=O)CCC4=C3CC[C@]12Cc1ccc(CN(C)C)cc1. The van der Waals surface area contributed by atoms with Crippen molar-refractivity contribution in [1.29, 1.82) is 0 Å². The molecular formula is C30H37NO. The summed E-state index contributed by atoms with van der Waals surface area (Å²) in [6.07, 6.45) is 12.2. The second kappa shape index (κ2) is 8.68. The second-order valence-corrected chi connectivity index (χ2v) is 10.9. The van der Waals surface area contributed by atoms with E-state index in [-0.39, 0.29) is 0 Å². The summed E-state index contributed by atoms with van der Waals surface area (Å²) < 4.78 is 0. The van der Waals surface area contributed by atoms with Crippen LogP contribution in [0.15, 0.2) is 47.1 Å². The number of carbonyl (C=O) groups excluding carboxylic acids is 1. The summed E-state index contributed by atoms with van der Waals surface area (Å²) in [5.74, 6) is 9.27. The third-order valence-corrected chi connectivity index (χ3v) is 8.82. The van der Waals surface area contributed by atoms with Gasteiger partial charge in [-0.05, 0) is 118 Å². The van der Waals surface area contributed by atoms with E-state index < -0.39 is 0 Å². The van der Waals surface area contributed by atoms with Gasteiger partial charge in [0.15, 0.2) is 5.78 Å². The third-order valence-electron chi connectivity index (χ3n) is 8.82. The molecule has 1 aromatic rings. The molecule has 2 heteroatoms. The number of rotatable bonds is 4. The standard InChI is InChI=1S/C30H37NO/c1-4-5-24-11-15-29-28-13-10-23-18-25(32)12-14-26(23)27(28)16-17-30(24,29)19-21-6-8-22(9-7-21)20-31(2)3/h6-9,18,24,28-29H,10-17,19-20H2,1-3H3/t24-,28-,29+,30+/m1/s1. The fraction of sp³-hybridized carbons (Fsp3) is 0.567. The Kier molecular flexibility index (Phi) is 5.89. The molecule has 0 bridgehead atoms. The first-order chi connectivity index (χ1) is 15.5. The van der Waals surface area contributed by atoms with Crippen molar-refractivity contribution in [3.63, 3.8) is 0 Å². The molecule has 2 saturated carbocycles. The quantitative estimate of drug-likeness (QED) is 0.540. The number of fused-ring (bicyclic) bond motifs is 4. The van der Waals surface area contributed by atoms with Gasteiger partial charge in [0, 0.05) is 18.9 Å². The Balaban J connectivity index is 1.47. The van der Waals surface area contributed by atoms with Gasteiger partial charge in [0.25, 0.3) is 0 Å².